The number of carbonyl (C=O) groups excluding carboxylic acids is 1. The van der Waals surface area contributed by atoms with E-state index in [0.717, 1.165) is 30.5 Å². The van der Waals surface area contributed by atoms with Gasteiger partial charge in [-0.1, -0.05) is 69.7 Å². The minimum Gasteiger partial charge on any atom is -0.344 e. The third kappa shape index (κ3) is 11.6. The summed E-state index contributed by atoms with van der Waals surface area (Å²) in [5.74, 6) is 0.236. The summed E-state index contributed by atoms with van der Waals surface area (Å²) in [6.07, 6.45) is 10.3. The maximum atomic E-state index is 12.2. The van der Waals surface area contributed by atoms with Gasteiger partial charge in [-0.3, -0.25) is 9.36 Å². The molecule has 0 radical (unpaired) electrons. The van der Waals surface area contributed by atoms with Crippen LogP contribution in [0.5, 0.6) is 0 Å². The first-order valence-electron chi connectivity index (χ1n) is 10.0. The van der Waals surface area contributed by atoms with Gasteiger partial charge in [-0.05, 0) is 24.9 Å². The van der Waals surface area contributed by atoms with Crippen molar-refractivity contribution in [2.24, 2.45) is 0 Å². The molecule has 0 amide bonds. The molecule has 1 aromatic rings. The highest BCUT2D eigenvalue weighted by molar-refractivity contribution is 7.57. The summed E-state index contributed by atoms with van der Waals surface area (Å²) in [7, 11) is -2.89. The lowest BCUT2D eigenvalue weighted by Crippen LogP contribution is -2.15. The average molecular weight is 381 g/mol. The molecule has 2 N–H and O–H groups in total. The highest BCUT2D eigenvalue weighted by Gasteiger charge is 2.08. The van der Waals surface area contributed by atoms with Crippen LogP contribution in [0.15, 0.2) is 24.3 Å². The van der Waals surface area contributed by atoms with Crippen LogP contribution in [0.2, 0.25) is 0 Å². The summed E-state index contributed by atoms with van der Waals surface area (Å²) in [6.45, 7) is 5.06. The number of hydrogen-bond acceptors (Lipinski definition) is 3. The van der Waals surface area contributed by atoms with Crippen molar-refractivity contribution >= 4 is 13.2 Å². The maximum absolute atomic E-state index is 12.2. The number of carbonyl (C=O) groups is 1. The fraction of sp³-hybridized carbons (Fsp3) is 0.667. The van der Waals surface area contributed by atoms with Crippen molar-refractivity contribution in [3.8, 4) is 0 Å². The maximum Gasteiger partial charge on any atom is 0.197 e. The molecule has 1 rings (SSSR count). The highest BCUT2D eigenvalue weighted by Crippen LogP contribution is 2.35. The first-order chi connectivity index (χ1) is 12.4. The Labute approximate surface area is 159 Å². The number of unbranched alkanes of at least 4 members (excludes halogenated alkanes) is 6. The van der Waals surface area contributed by atoms with Crippen LogP contribution in [0.1, 0.15) is 80.6 Å². The van der Waals surface area contributed by atoms with Crippen LogP contribution in [-0.2, 0) is 11.1 Å². The van der Waals surface area contributed by atoms with Crippen LogP contribution in [0.4, 0.5) is 0 Å². The molecule has 0 aliphatic rings. The second-order valence-electron chi connectivity index (χ2n) is 7.30. The zero-order valence-corrected chi connectivity index (χ0v) is 17.4. The van der Waals surface area contributed by atoms with E-state index in [2.05, 4.69) is 12.2 Å². The largest absolute Gasteiger partial charge is 0.344 e. The summed E-state index contributed by atoms with van der Waals surface area (Å²) < 4.78 is 11.2. The van der Waals surface area contributed by atoms with Crippen LogP contribution >= 0.6 is 7.37 Å². The van der Waals surface area contributed by atoms with Crippen LogP contribution in [0.25, 0.3) is 0 Å². The molecule has 5 heteroatoms. The molecular weight excluding hydrogens is 345 g/mol. The van der Waals surface area contributed by atoms with Crippen LogP contribution < -0.4 is 5.32 Å². The lowest BCUT2D eigenvalue weighted by molar-refractivity contribution is 0.0979. The standard InChI is InChI=1S/C21H36NO3P/c1-3-4-5-6-7-8-9-11-21(23)20-14-12-19(13-15-20)18-22-16-10-17-26(2,24)25/h12-15,22H,3-11,16-18H2,1-2H3,(H,24,25). The van der Waals surface area contributed by atoms with Crippen molar-refractivity contribution in [1.29, 1.82) is 0 Å². The summed E-state index contributed by atoms with van der Waals surface area (Å²) in [5.41, 5.74) is 1.92. The minimum absolute atomic E-state index is 0.236. The Hall–Kier alpha value is -0.960. The lowest BCUT2D eigenvalue weighted by atomic mass is 10.0. The fourth-order valence-corrected chi connectivity index (χ4v) is 3.67. The van der Waals surface area contributed by atoms with Crippen LogP contribution in [0, 0.1) is 0 Å². The number of rotatable bonds is 15. The predicted molar refractivity (Wildman–Crippen MR) is 110 cm³/mol. The summed E-state index contributed by atoms with van der Waals surface area (Å²) in [6, 6.07) is 7.80. The first-order valence-corrected chi connectivity index (χ1v) is 12.3. The number of benzene rings is 1. The number of nitrogens with one attached hydrogen (secondary N) is 1. The normalized spacial score (nSPS) is 13.5. The van der Waals surface area contributed by atoms with Crippen molar-refractivity contribution in [1.82, 2.24) is 5.32 Å². The van der Waals surface area contributed by atoms with Crippen molar-refractivity contribution in [3.05, 3.63) is 35.4 Å². The number of hydrogen-bond donors (Lipinski definition) is 2. The van der Waals surface area contributed by atoms with E-state index < -0.39 is 7.37 Å². The van der Waals surface area contributed by atoms with E-state index in [-0.39, 0.29) is 5.78 Å². The Kier molecular flexibility index (Phi) is 11.8. The topological polar surface area (TPSA) is 66.4 Å². The number of Topliss-reactive ketones (excluding diaryl/α,β-unsaturated/α-hetero) is 1. The van der Waals surface area contributed by atoms with Gasteiger partial charge in [-0.2, -0.15) is 0 Å². The third-order valence-corrected chi connectivity index (χ3v) is 5.69. The van der Waals surface area contributed by atoms with Crippen molar-refractivity contribution < 1.29 is 14.3 Å². The van der Waals surface area contributed by atoms with Gasteiger partial charge in [0.15, 0.2) is 13.2 Å². The van der Waals surface area contributed by atoms with Gasteiger partial charge in [0.05, 0.1) is 0 Å². The summed E-state index contributed by atoms with van der Waals surface area (Å²) in [4.78, 5) is 21.5. The van der Waals surface area contributed by atoms with Gasteiger partial charge < -0.3 is 10.2 Å². The molecule has 0 aliphatic heterocycles. The summed E-state index contributed by atoms with van der Waals surface area (Å²) in [5, 5.41) is 3.27. The molecule has 1 unspecified atom stereocenters. The van der Waals surface area contributed by atoms with Crippen molar-refractivity contribution in [3.63, 3.8) is 0 Å². The van der Waals surface area contributed by atoms with E-state index in [4.69, 9.17) is 0 Å². The Morgan fingerprint density at radius 2 is 1.62 bits per heavy atom. The molecule has 0 bridgehead atoms. The van der Waals surface area contributed by atoms with E-state index in [0.29, 0.717) is 25.5 Å². The van der Waals surface area contributed by atoms with E-state index >= 15 is 0 Å². The smallest absolute Gasteiger partial charge is 0.197 e. The molecule has 26 heavy (non-hydrogen) atoms. The minimum atomic E-state index is -2.89. The average Bonchev–Trinajstić information content (AvgIpc) is 2.60. The molecule has 0 saturated carbocycles. The predicted octanol–water partition coefficient (Wildman–Crippen LogP) is 5.39. The molecule has 4 nitrogen and oxygen atoms in total. The Morgan fingerprint density at radius 3 is 2.23 bits per heavy atom. The summed E-state index contributed by atoms with van der Waals surface area (Å²) >= 11 is 0. The Morgan fingerprint density at radius 1 is 1.00 bits per heavy atom. The van der Waals surface area contributed by atoms with Crippen molar-refractivity contribution in [2.75, 3.05) is 19.4 Å². The van der Waals surface area contributed by atoms with E-state index in [9.17, 15) is 14.3 Å². The third-order valence-electron chi connectivity index (χ3n) is 4.54. The second kappa shape index (κ2) is 13.2. The van der Waals surface area contributed by atoms with Gasteiger partial charge in [0, 0.05) is 31.4 Å². The first kappa shape index (κ1) is 23.1. The van der Waals surface area contributed by atoms with Gasteiger partial charge in [-0.15, -0.1) is 0 Å². The number of ketones is 1. The van der Waals surface area contributed by atoms with Gasteiger partial charge in [0.25, 0.3) is 0 Å². The molecule has 0 fully saturated rings. The van der Waals surface area contributed by atoms with E-state index in [1.165, 1.54) is 38.8 Å². The Bertz CT molecular complexity index is 551. The van der Waals surface area contributed by atoms with E-state index in [1.54, 1.807) is 0 Å². The van der Waals surface area contributed by atoms with Gasteiger partial charge in [0.2, 0.25) is 0 Å². The monoisotopic (exact) mass is 381 g/mol. The zero-order valence-electron chi connectivity index (χ0n) is 16.5. The van der Waals surface area contributed by atoms with Crippen molar-refractivity contribution in [2.45, 2.75) is 71.3 Å². The molecule has 148 valence electrons. The molecule has 1 aromatic carbocycles. The van der Waals surface area contributed by atoms with E-state index in [1.807, 2.05) is 24.3 Å². The molecule has 0 heterocycles. The zero-order chi connectivity index (χ0) is 19.3. The van der Waals surface area contributed by atoms with Gasteiger partial charge >= 0.3 is 0 Å². The van der Waals surface area contributed by atoms with Gasteiger partial charge in [-0.25, -0.2) is 0 Å². The molecule has 0 saturated heterocycles. The SMILES string of the molecule is CCCCCCCCCC(=O)c1ccc(CNCCCP(C)(=O)O)cc1. The molecule has 0 aliphatic carbocycles. The second-order valence-corrected chi connectivity index (χ2v) is 9.85. The molecule has 0 aromatic heterocycles. The molecular formula is C21H36NO3P. The van der Waals surface area contributed by atoms with Crippen LogP contribution in [0.3, 0.4) is 0 Å². The molecule has 0 spiro atoms. The quantitative estimate of drug-likeness (QED) is 0.243. The Balaban J connectivity index is 2.18. The molecule has 1 atom stereocenters. The van der Waals surface area contributed by atoms with Gasteiger partial charge in [0.1, 0.15) is 0 Å². The highest BCUT2D eigenvalue weighted by atomic mass is 31.2. The lowest BCUT2D eigenvalue weighted by Gasteiger charge is -2.08. The fourth-order valence-electron chi connectivity index (χ4n) is 2.93. The van der Waals surface area contributed by atoms with Crippen LogP contribution in [-0.4, -0.2) is 30.0 Å².